The number of ether oxygens (including phenoxy) is 1. The van der Waals surface area contributed by atoms with E-state index in [9.17, 15) is 9.59 Å². The highest BCUT2D eigenvalue weighted by molar-refractivity contribution is 5.77. The molecule has 0 aromatic heterocycles. The second-order valence-electron chi connectivity index (χ2n) is 3.61. The average Bonchev–Trinajstić information content (AvgIpc) is 2.03. The molecule has 0 saturated heterocycles. The lowest BCUT2D eigenvalue weighted by molar-refractivity contribution is -0.147. The largest absolute Gasteiger partial charge is 0.469 e. The number of rotatable bonds is 5. The molecule has 0 aliphatic rings. The summed E-state index contributed by atoms with van der Waals surface area (Å²) in [6, 6.07) is 0. The Kier molecular flexibility index (Phi) is 5.35. The molecular weight excluding hydrogens is 168 g/mol. The summed E-state index contributed by atoms with van der Waals surface area (Å²) in [5, 5.41) is 0. The van der Waals surface area contributed by atoms with Crippen LogP contribution in [-0.2, 0) is 14.3 Å². The maximum absolute atomic E-state index is 11.2. The van der Waals surface area contributed by atoms with Gasteiger partial charge in [0.15, 0.2) is 0 Å². The van der Waals surface area contributed by atoms with Crippen molar-refractivity contribution < 1.29 is 14.3 Å². The van der Waals surface area contributed by atoms with Crippen molar-refractivity contribution in [3.63, 3.8) is 0 Å². The molecule has 1 atom stereocenters. The summed E-state index contributed by atoms with van der Waals surface area (Å²) < 4.78 is 4.66. The third-order valence-electron chi connectivity index (χ3n) is 2.12. The Bertz CT molecular complexity index is 185. The van der Waals surface area contributed by atoms with E-state index in [1.54, 1.807) is 0 Å². The van der Waals surface area contributed by atoms with Gasteiger partial charge in [-0.2, -0.15) is 0 Å². The number of hydrogen-bond acceptors (Lipinski definition) is 3. The van der Waals surface area contributed by atoms with Crippen molar-refractivity contribution >= 4 is 11.8 Å². The summed E-state index contributed by atoms with van der Waals surface area (Å²) in [4.78, 5) is 22.0. The highest BCUT2D eigenvalue weighted by Gasteiger charge is 2.22. The summed E-state index contributed by atoms with van der Waals surface area (Å²) in [6.07, 6.45) is 1.05. The molecule has 0 spiro atoms. The minimum absolute atomic E-state index is 0.120. The van der Waals surface area contributed by atoms with Gasteiger partial charge in [-0.3, -0.25) is 4.79 Å². The van der Waals surface area contributed by atoms with E-state index in [1.807, 2.05) is 13.8 Å². The molecule has 0 aromatic carbocycles. The molecule has 0 aliphatic heterocycles. The van der Waals surface area contributed by atoms with Crippen molar-refractivity contribution in [3.05, 3.63) is 0 Å². The molecule has 0 radical (unpaired) electrons. The molecule has 0 fully saturated rings. The third-order valence-corrected chi connectivity index (χ3v) is 2.12. The van der Waals surface area contributed by atoms with Gasteiger partial charge in [0.1, 0.15) is 5.78 Å². The fraction of sp³-hybridized carbons (Fsp3) is 0.800. The molecule has 3 heteroatoms. The third kappa shape index (κ3) is 4.65. The molecule has 76 valence electrons. The monoisotopic (exact) mass is 186 g/mol. The van der Waals surface area contributed by atoms with Crippen LogP contribution >= 0.6 is 0 Å². The second-order valence-corrected chi connectivity index (χ2v) is 3.61. The van der Waals surface area contributed by atoms with Crippen molar-refractivity contribution in [2.75, 3.05) is 7.11 Å². The molecule has 3 nitrogen and oxygen atoms in total. The van der Waals surface area contributed by atoms with Crippen LogP contribution in [-0.4, -0.2) is 18.9 Å². The van der Waals surface area contributed by atoms with E-state index in [1.165, 1.54) is 14.0 Å². The van der Waals surface area contributed by atoms with E-state index in [0.29, 0.717) is 12.8 Å². The standard InChI is InChI=1S/C10H18O3/c1-7(2)9(10(12)13-4)6-5-8(3)11/h7,9H,5-6H2,1-4H3. The first-order valence-corrected chi connectivity index (χ1v) is 4.56. The van der Waals surface area contributed by atoms with Crippen molar-refractivity contribution in [1.29, 1.82) is 0 Å². The van der Waals surface area contributed by atoms with E-state index >= 15 is 0 Å². The van der Waals surface area contributed by atoms with Gasteiger partial charge >= 0.3 is 5.97 Å². The molecule has 0 aliphatic carbocycles. The van der Waals surface area contributed by atoms with Crippen molar-refractivity contribution in [2.24, 2.45) is 11.8 Å². The fourth-order valence-corrected chi connectivity index (χ4v) is 1.23. The first-order chi connectivity index (χ1) is 5.99. The lowest BCUT2D eigenvalue weighted by Gasteiger charge is -2.17. The van der Waals surface area contributed by atoms with Crippen molar-refractivity contribution in [3.8, 4) is 0 Å². The van der Waals surface area contributed by atoms with Crippen LogP contribution in [0.15, 0.2) is 0 Å². The maximum atomic E-state index is 11.2. The lowest BCUT2D eigenvalue weighted by Crippen LogP contribution is -2.22. The average molecular weight is 186 g/mol. The zero-order valence-electron chi connectivity index (χ0n) is 8.79. The van der Waals surface area contributed by atoms with E-state index in [2.05, 4.69) is 4.74 Å². The number of carbonyl (C=O) groups excluding carboxylic acids is 2. The number of ketones is 1. The summed E-state index contributed by atoms with van der Waals surface area (Å²) in [5.41, 5.74) is 0. The van der Waals surface area contributed by atoms with Gasteiger partial charge in [0.05, 0.1) is 13.0 Å². The summed E-state index contributed by atoms with van der Waals surface area (Å²) in [6.45, 7) is 5.46. The first-order valence-electron chi connectivity index (χ1n) is 4.56. The van der Waals surface area contributed by atoms with Crippen LogP contribution in [0.5, 0.6) is 0 Å². The Balaban J connectivity index is 4.10. The quantitative estimate of drug-likeness (QED) is 0.615. The first kappa shape index (κ1) is 12.1. The van der Waals surface area contributed by atoms with E-state index in [4.69, 9.17) is 0 Å². The smallest absolute Gasteiger partial charge is 0.308 e. The molecule has 0 amide bonds. The zero-order valence-corrected chi connectivity index (χ0v) is 8.79. The van der Waals surface area contributed by atoms with E-state index in [0.717, 1.165) is 0 Å². The van der Waals surface area contributed by atoms with Gasteiger partial charge in [-0.25, -0.2) is 0 Å². The molecule has 1 unspecified atom stereocenters. The van der Waals surface area contributed by atoms with Gasteiger partial charge in [-0.15, -0.1) is 0 Å². The minimum Gasteiger partial charge on any atom is -0.469 e. The Morgan fingerprint density at radius 1 is 1.31 bits per heavy atom. The molecule has 0 bridgehead atoms. The summed E-state index contributed by atoms with van der Waals surface area (Å²) >= 11 is 0. The van der Waals surface area contributed by atoms with Crippen molar-refractivity contribution in [1.82, 2.24) is 0 Å². The molecule has 0 saturated carbocycles. The minimum atomic E-state index is -0.212. The number of esters is 1. The molecular formula is C10H18O3. The van der Waals surface area contributed by atoms with E-state index in [-0.39, 0.29) is 23.6 Å². The molecule has 0 N–H and O–H groups in total. The van der Waals surface area contributed by atoms with Gasteiger partial charge in [-0.1, -0.05) is 13.8 Å². The lowest BCUT2D eigenvalue weighted by atomic mass is 9.90. The zero-order chi connectivity index (χ0) is 10.4. The molecule has 0 rings (SSSR count). The predicted molar refractivity (Wildman–Crippen MR) is 50.3 cm³/mol. The highest BCUT2D eigenvalue weighted by Crippen LogP contribution is 2.18. The normalized spacial score (nSPS) is 12.7. The maximum Gasteiger partial charge on any atom is 0.308 e. The second kappa shape index (κ2) is 5.73. The number of Topliss-reactive ketones (excluding diaryl/α,β-unsaturated/α-hetero) is 1. The fourth-order valence-electron chi connectivity index (χ4n) is 1.23. The Morgan fingerprint density at radius 2 is 1.85 bits per heavy atom. The van der Waals surface area contributed by atoms with Crippen LogP contribution in [0.4, 0.5) is 0 Å². The highest BCUT2D eigenvalue weighted by atomic mass is 16.5. The number of carbonyl (C=O) groups is 2. The van der Waals surface area contributed by atoms with Crippen molar-refractivity contribution in [2.45, 2.75) is 33.6 Å². The summed E-state index contributed by atoms with van der Waals surface area (Å²) in [7, 11) is 1.38. The molecule has 0 aromatic rings. The Labute approximate surface area is 79.5 Å². The Hall–Kier alpha value is -0.860. The van der Waals surface area contributed by atoms with Crippen LogP contribution in [0, 0.1) is 11.8 Å². The topological polar surface area (TPSA) is 43.4 Å². The number of hydrogen-bond donors (Lipinski definition) is 0. The van der Waals surface area contributed by atoms with Crippen LogP contribution < -0.4 is 0 Å². The van der Waals surface area contributed by atoms with Crippen LogP contribution in [0.1, 0.15) is 33.6 Å². The molecule has 0 heterocycles. The predicted octanol–water partition coefficient (Wildman–Crippen LogP) is 1.80. The molecule has 13 heavy (non-hydrogen) atoms. The van der Waals surface area contributed by atoms with Gasteiger partial charge in [0.2, 0.25) is 0 Å². The van der Waals surface area contributed by atoms with Crippen LogP contribution in [0.2, 0.25) is 0 Å². The van der Waals surface area contributed by atoms with Crippen LogP contribution in [0.3, 0.4) is 0 Å². The summed E-state index contributed by atoms with van der Waals surface area (Å²) in [5.74, 6) is -0.00787. The van der Waals surface area contributed by atoms with Gasteiger partial charge in [-0.05, 0) is 19.3 Å². The van der Waals surface area contributed by atoms with Gasteiger partial charge < -0.3 is 9.53 Å². The SMILES string of the molecule is COC(=O)C(CCC(C)=O)C(C)C. The van der Waals surface area contributed by atoms with Crippen LogP contribution in [0.25, 0.3) is 0 Å². The van der Waals surface area contributed by atoms with Gasteiger partial charge in [0.25, 0.3) is 0 Å². The van der Waals surface area contributed by atoms with E-state index < -0.39 is 0 Å². The Morgan fingerprint density at radius 3 is 2.15 bits per heavy atom. The van der Waals surface area contributed by atoms with Gasteiger partial charge in [0, 0.05) is 6.42 Å². The number of methoxy groups -OCH3 is 1.